The fraction of sp³-hybridized carbons (Fsp3) is 0.300. The zero-order valence-electron chi connectivity index (χ0n) is 9.76. The van der Waals surface area contributed by atoms with Crippen LogP contribution >= 0.6 is 11.8 Å². The topological polar surface area (TPSA) is 113 Å². The Kier molecular flexibility index (Phi) is 2.82. The standard InChI is InChI=1S/C10H10N6O2S/c11-8-5-7(16(17)18)3-4-9(8)19-10-12-13-14-15(10)6-1-2-6/h3-6H,1-2,11H2. The van der Waals surface area contributed by atoms with Crippen molar-refractivity contribution in [1.82, 2.24) is 20.2 Å². The van der Waals surface area contributed by atoms with Crippen molar-refractivity contribution in [2.45, 2.75) is 28.9 Å². The summed E-state index contributed by atoms with van der Waals surface area (Å²) in [5, 5.41) is 22.8. The highest BCUT2D eigenvalue weighted by Gasteiger charge is 2.28. The number of aromatic nitrogens is 4. The fourth-order valence-corrected chi connectivity index (χ4v) is 2.51. The third-order valence-corrected chi connectivity index (χ3v) is 3.80. The van der Waals surface area contributed by atoms with Crippen molar-refractivity contribution in [2.24, 2.45) is 0 Å². The molecule has 19 heavy (non-hydrogen) atoms. The number of nitro benzene ring substituents is 1. The van der Waals surface area contributed by atoms with E-state index in [1.165, 1.54) is 23.9 Å². The molecule has 0 saturated heterocycles. The zero-order chi connectivity index (χ0) is 13.4. The Balaban J connectivity index is 1.86. The van der Waals surface area contributed by atoms with E-state index in [1.54, 1.807) is 10.7 Å². The Morgan fingerprint density at radius 2 is 2.26 bits per heavy atom. The number of rotatable bonds is 4. The average Bonchev–Trinajstić information content (AvgIpc) is 3.12. The van der Waals surface area contributed by atoms with Crippen molar-refractivity contribution in [3.8, 4) is 0 Å². The Bertz CT molecular complexity index is 639. The van der Waals surface area contributed by atoms with Crippen molar-refractivity contribution >= 4 is 23.1 Å². The molecule has 1 aliphatic carbocycles. The summed E-state index contributed by atoms with van der Waals surface area (Å²) in [5.41, 5.74) is 6.14. The molecule has 0 atom stereocenters. The minimum absolute atomic E-state index is 0.0244. The second-order valence-electron chi connectivity index (χ2n) is 4.22. The minimum atomic E-state index is -0.473. The van der Waals surface area contributed by atoms with Gasteiger partial charge in [-0.05, 0) is 41.1 Å². The van der Waals surface area contributed by atoms with Crippen LogP contribution in [-0.2, 0) is 0 Å². The monoisotopic (exact) mass is 278 g/mol. The Morgan fingerprint density at radius 3 is 2.89 bits per heavy atom. The first kappa shape index (κ1) is 11.9. The average molecular weight is 278 g/mol. The molecule has 8 nitrogen and oxygen atoms in total. The van der Waals surface area contributed by atoms with Gasteiger partial charge in [0.15, 0.2) is 0 Å². The van der Waals surface area contributed by atoms with Gasteiger partial charge in [-0.3, -0.25) is 10.1 Å². The number of tetrazole rings is 1. The fourth-order valence-electron chi connectivity index (χ4n) is 1.64. The predicted molar refractivity (Wildman–Crippen MR) is 67.7 cm³/mol. The number of hydrogen-bond donors (Lipinski definition) is 1. The molecule has 1 aliphatic rings. The molecular weight excluding hydrogens is 268 g/mol. The van der Waals surface area contributed by atoms with Gasteiger partial charge in [0.1, 0.15) is 0 Å². The summed E-state index contributed by atoms with van der Waals surface area (Å²) < 4.78 is 1.77. The van der Waals surface area contributed by atoms with Crippen molar-refractivity contribution in [2.75, 3.05) is 5.73 Å². The molecule has 0 spiro atoms. The van der Waals surface area contributed by atoms with E-state index < -0.39 is 4.92 Å². The van der Waals surface area contributed by atoms with Crippen LogP contribution in [0.4, 0.5) is 11.4 Å². The predicted octanol–water partition coefficient (Wildman–Crippen LogP) is 1.65. The summed E-state index contributed by atoms with van der Waals surface area (Å²) in [5.74, 6) is 0. The van der Waals surface area contributed by atoms with Crippen LogP contribution in [0.1, 0.15) is 18.9 Å². The lowest BCUT2D eigenvalue weighted by atomic mass is 10.3. The molecule has 0 bridgehead atoms. The van der Waals surface area contributed by atoms with Crippen molar-refractivity contribution in [3.05, 3.63) is 28.3 Å². The molecule has 0 unspecified atom stereocenters. The van der Waals surface area contributed by atoms with E-state index in [0.29, 0.717) is 21.8 Å². The molecule has 0 amide bonds. The Labute approximate surface area is 112 Å². The van der Waals surface area contributed by atoms with Gasteiger partial charge in [-0.25, -0.2) is 4.68 Å². The molecule has 1 fully saturated rings. The molecule has 1 aromatic heterocycles. The lowest BCUT2D eigenvalue weighted by Crippen LogP contribution is -1.99. The summed E-state index contributed by atoms with van der Waals surface area (Å²) in [7, 11) is 0. The highest BCUT2D eigenvalue weighted by atomic mass is 32.2. The number of hydrogen-bond acceptors (Lipinski definition) is 7. The van der Waals surface area contributed by atoms with Gasteiger partial charge in [0.05, 0.1) is 16.7 Å². The third kappa shape index (κ3) is 2.36. The molecule has 1 aromatic carbocycles. The van der Waals surface area contributed by atoms with Crippen LogP contribution in [0.5, 0.6) is 0 Å². The molecular formula is C10H10N6O2S. The van der Waals surface area contributed by atoms with E-state index in [2.05, 4.69) is 15.5 Å². The van der Waals surface area contributed by atoms with Crippen LogP contribution in [0.15, 0.2) is 28.3 Å². The van der Waals surface area contributed by atoms with Gasteiger partial charge in [-0.1, -0.05) is 0 Å². The SMILES string of the molecule is Nc1cc([N+](=O)[O-])ccc1Sc1nnnn1C1CC1. The molecule has 2 N–H and O–H groups in total. The lowest BCUT2D eigenvalue weighted by molar-refractivity contribution is -0.384. The maximum atomic E-state index is 10.6. The first-order valence-corrected chi connectivity index (χ1v) is 6.46. The number of nitrogens with two attached hydrogens (primary N) is 1. The lowest BCUT2D eigenvalue weighted by Gasteiger charge is -2.05. The highest BCUT2D eigenvalue weighted by Crippen LogP contribution is 2.39. The van der Waals surface area contributed by atoms with Gasteiger partial charge < -0.3 is 5.73 Å². The van der Waals surface area contributed by atoms with Gasteiger partial charge in [0, 0.05) is 17.0 Å². The number of nitrogens with zero attached hydrogens (tertiary/aromatic N) is 5. The maximum absolute atomic E-state index is 10.6. The van der Waals surface area contributed by atoms with Crippen molar-refractivity contribution in [3.63, 3.8) is 0 Å². The zero-order valence-corrected chi connectivity index (χ0v) is 10.6. The number of benzene rings is 1. The normalized spacial score (nSPS) is 14.5. The van der Waals surface area contributed by atoms with Crippen molar-refractivity contribution in [1.29, 1.82) is 0 Å². The first-order valence-electron chi connectivity index (χ1n) is 5.65. The van der Waals surface area contributed by atoms with Crippen LogP contribution in [0, 0.1) is 10.1 Å². The summed E-state index contributed by atoms with van der Waals surface area (Å²) in [4.78, 5) is 10.9. The molecule has 1 saturated carbocycles. The molecule has 0 radical (unpaired) electrons. The molecule has 9 heteroatoms. The molecule has 98 valence electrons. The quantitative estimate of drug-likeness (QED) is 0.514. The van der Waals surface area contributed by atoms with Gasteiger partial charge in [-0.15, -0.1) is 5.10 Å². The van der Waals surface area contributed by atoms with E-state index >= 15 is 0 Å². The van der Waals surface area contributed by atoms with Crippen LogP contribution in [0.3, 0.4) is 0 Å². The molecule has 2 aromatic rings. The Hall–Kier alpha value is -2.16. The number of nitrogen functional groups attached to an aromatic ring is 1. The van der Waals surface area contributed by atoms with Gasteiger partial charge >= 0.3 is 0 Å². The number of anilines is 1. The van der Waals surface area contributed by atoms with Gasteiger partial charge in [-0.2, -0.15) is 0 Å². The van der Waals surface area contributed by atoms with Crippen LogP contribution < -0.4 is 5.73 Å². The first-order chi connectivity index (χ1) is 9.15. The number of nitro groups is 1. The molecule has 1 heterocycles. The summed E-state index contributed by atoms with van der Waals surface area (Å²) >= 11 is 1.32. The van der Waals surface area contributed by atoms with Crippen LogP contribution in [0.2, 0.25) is 0 Å². The molecule has 0 aliphatic heterocycles. The number of non-ortho nitro benzene ring substituents is 1. The van der Waals surface area contributed by atoms with E-state index in [9.17, 15) is 10.1 Å². The summed E-state index contributed by atoms with van der Waals surface area (Å²) in [6, 6.07) is 4.75. The Morgan fingerprint density at radius 1 is 1.47 bits per heavy atom. The largest absolute Gasteiger partial charge is 0.398 e. The van der Waals surface area contributed by atoms with E-state index in [0.717, 1.165) is 12.8 Å². The maximum Gasteiger partial charge on any atom is 0.271 e. The van der Waals surface area contributed by atoms with Gasteiger partial charge in [0.25, 0.3) is 5.69 Å². The van der Waals surface area contributed by atoms with E-state index in [4.69, 9.17) is 5.73 Å². The van der Waals surface area contributed by atoms with E-state index in [1.807, 2.05) is 0 Å². The van der Waals surface area contributed by atoms with Gasteiger partial charge in [0.2, 0.25) is 5.16 Å². The second kappa shape index (κ2) is 4.50. The smallest absolute Gasteiger partial charge is 0.271 e. The summed E-state index contributed by atoms with van der Waals surface area (Å²) in [6.07, 6.45) is 2.16. The highest BCUT2D eigenvalue weighted by molar-refractivity contribution is 7.99. The van der Waals surface area contributed by atoms with Crippen molar-refractivity contribution < 1.29 is 4.92 Å². The van der Waals surface area contributed by atoms with Crippen LogP contribution in [-0.4, -0.2) is 25.1 Å². The summed E-state index contributed by atoms with van der Waals surface area (Å²) in [6.45, 7) is 0. The van der Waals surface area contributed by atoms with Crippen LogP contribution in [0.25, 0.3) is 0 Å². The molecule has 3 rings (SSSR count). The second-order valence-corrected chi connectivity index (χ2v) is 5.23. The third-order valence-electron chi connectivity index (χ3n) is 2.76. The van der Waals surface area contributed by atoms with E-state index in [-0.39, 0.29) is 5.69 Å². The minimum Gasteiger partial charge on any atom is -0.398 e.